The molecule has 0 saturated carbocycles. The number of ether oxygens (including phenoxy) is 1. The fourth-order valence-corrected chi connectivity index (χ4v) is 3.95. The summed E-state index contributed by atoms with van der Waals surface area (Å²) in [6, 6.07) is 5.18. The molecule has 1 aromatic carbocycles. The van der Waals surface area contributed by atoms with Gasteiger partial charge in [0.1, 0.15) is 10.6 Å². The first-order chi connectivity index (χ1) is 14.4. The maximum Gasteiger partial charge on any atom is 0.287 e. The molecule has 0 radical (unpaired) electrons. The van der Waals surface area contributed by atoms with Crippen LogP contribution < -0.4 is 26.2 Å². The Balaban J connectivity index is 1.50. The number of aromatic amines is 1. The molecule has 3 aromatic rings. The van der Waals surface area contributed by atoms with Gasteiger partial charge in [0, 0.05) is 13.6 Å². The van der Waals surface area contributed by atoms with Crippen LogP contribution in [0.5, 0.6) is 5.75 Å². The number of fused-ring (bicyclic) bond motifs is 2. The van der Waals surface area contributed by atoms with E-state index < -0.39 is 11.5 Å². The van der Waals surface area contributed by atoms with Crippen LogP contribution in [-0.4, -0.2) is 41.3 Å². The summed E-state index contributed by atoms with van der Waals surface area (Å²) in [6.07, 6.45) is 0.0609. The molecular weight excluding hydrogens is 410 g/mol. The number of benzene rings is 1. The van der Waals surface area contributed by atoms with Crippen LogP contribution in [0.1, 0.15) is 21.7 Å². The number of aromatic nitrogens is 2. The number of hydrogen-bond donors (Lipinski definition) is 4. The minimum Gasteiger partial charge on any atom is -0.482 e. The van der Waals surface area contributed by atoms with Crippen LogP contribution in [0.4, 0.5) is 5.69 Å². The summed E-state index contributed by atoms with van der Waals surface area (Å²) < 4.78 is 5.30. The van der Waals surface area contributed by atoms with Crippen LogP contribution in [0, 0.1) is 0 Å². The van der Waals surface area contributed by atoms with E-state index in [1.54, 1.807) is 23.6 Å². The molecule has 0 spiro atoms. The molecule has 30 heavy (non-hydrogen) atoms. The molecule has 1 aliphatic rings. The number of nitrogens with zero attached hydrogens (tertiary/aromatic N) is 1. The smallest absolute Gasteiger partial charge is 0.287 e. The third-order valence-corrected chi connectivity index (χ3v) is 5.42. The number of H-pyrrole nitrogens is 1. The van der Waals surface area contributed by atoms with Gasteiger partial charge in [0.15, 0.2) is 6.61 Å². The number of hydrogen-bond acceptors (Lipinski definition) is 7. The Morgan fingerprint density at radius 1 is 1.30 bits per heavy atom. The Morgan fingerprint density at radius 3 is 2.93 bits per heavy atom. The number of nitrogens with one attached hydrogen (secondary N) is 4. The first-order valence-corrected chi connectivity index (χ1v) is 9.87. The first-order valence-electron chi connectivity index (χ1n) is 8.99. The largest absolute Gasteiger partial charge is 0.482 e. The maximum atomic E-state index is 12.5. The van der Waals surface area contributed by atoms with Crippen LogP contribution in [0.15, 0.2) is 28.4 Å². The second-order valence-corrected chi connectivity index (χ2v) is 7.41. The van der Waals surface area contributed by atoms with Crippen molar-refractivity contribution in [2.24, 2.45) is 0 Å². The number of likely N-dealkylation sites (N-methyl/N-ethyl adjacent to an activating group) is 1. The van der Waals surface area contributed by atoms with Crippen molar-refractivity contribution < 1.29 is 19.1 Å². The van der Waals surface area contributed by atoms with Crippen molar-refractivity contribution >= 4 is 45.0 Å². The zero-order valence-electron chi connectivity index (χ0n) is 15.8. The monoisotopic (exact) mass is 427 g/mol. The lowest BCUT2D eigenvalue weighted by atomic mass is 10.1. The van der Waals surface area contributed by atoms with E-state index in [0.29, 0.717) is 27.2 Å². The molecule has 0 bridgehead atoms. The molecule has 0 unspecified atom stereocenters. The molecule has 0 fully saturated rings. The molecule has 0 atom stereocenters. The van der Waals surface area contributed by atoms with Crippen molar-refractivity contribution in [2.45, 2.75) is 13.0 Å². The predicted molar refractivity (Wildman–Crippen MR) is 110 cm³/mol. The van der Waals surface area contributed by atoms with Gasteiger partial charge in [-0.1, -0.05) is 6.07 Å². The Bertz CT molecular complexity index is 1230. The number of amides is 3. The summed E-state index contributed by atoms with van der Waals surface area (Å²) in [7, 11) is 1.52. The fraction of sp³-hybridized carbons (Fsp3) is 0.211. The Morgan fingerprint density at radius 2 is 2.13 bits per heavy atom. The van der Waals surface area contributed by atoms with Gasteiger partial charge in [0.25, 0.3) is 17.4 Å². The van der Waals surface area contributed by atoms with E-state index in [1.807, 2.05) is 0 Å². The molecular formula is C19H17N5O5S. The molecule has 0 saturated heterocycles. The van der Waals surface area contributed by atoms with Gasteiger partial charge in [-0.15, -0.1) is 11.3 Å². The summed E-state index contributed by atoms with van der Waals surface area (Å²) in [5.74, 6) is -0.567. The summed E-state index contributed by atoms with van der Waals surface area (Å²) in [5.41, 5.74) is 1.36. The Labute approximate surface area is 173 Å². The number of rotatable bonds is 5. The minimum atomic E-state index is -0.548. The van der Waals surface area contributed by atoms with Gasteiger partial charge in [-0.3, -0.25) is 19.2 Å². The van der Waals surface area contributed by atoms with Gasteiger partial charge in [0.05, 0.1) is 17.5 Å². The van der Waals surface area contributed by atoms with Gasteiger partial charge < -0.3 is 25.7 Å². The molecule has 10 nitrogen and oxygen atoms in total. The zero-order chi connectivity index (χ0) is 21.3. The molecule has 154 valence electrons. The quantitative estimate of drug-likeness (QED) is 0.468. The average molecular weight is 427 g/mol. The van der Waals surface area contributed by atoms with Gasteiger partial charge >= 0.3 is 0 Å². The number of thiophene rings is 1. The second kappa shape index (κ2) is 7.95. The third kappa shape index (κ3) is 3.87. The highest BCUT2D eigenvalue weighted by Gasteiger charge is 2.18. The first kappa shape index (κ1) is 19.6. The van der Waals surface area contributed by atoms with E-state index in [-0.39, 0.29) is 37.2 Å². The van der Waals surface area contributed by atoms with Gasteiger partial charge in [0.2, 0.25) is 11.7 Å². The number of carbonyl (C=O) groups excluding carboxylic acids is 3. The van der Waals surface area contributed by atoms with E-state index in [9.17, 15) is 19.2 Å². The molecule has 3 amide bonds. The maximum absolute atomic E-state index is 12.5. The SMILES string of the molecule is CNC(=O)Cc1csc2nc(C(=O)NCc3ccc4c(c3)NC(=O)CO4)[nH]c(=O)c12. The highest BCUT2D eigenvalue weighted by molar-refractivity contribution is 7.16. The van der Waals surface area contributed by atoms with Crippen molar-refractivity contribution in [3.63, 3.8) is 0 Å². The van der Waals surface area contributed by atoms with E-state index >= 15 is 0 Å². The Kier molecular flexibility index (Phi) is 5.19. The van der Waals surface area contributed by atoms with Crippen LogP contribution in [-0.2, 0) is 22.6 Å². The highest BCUT2D eigenvalue weighted by Crippen LogP contribution is 2.28. The Hall–Kier alpha value is -3.73. The van der Waals surface area contributed by atoms with Crippen LogP contribution in [0.25, 0.3) is 10.2 Å². The normalized spacial score (nSPS) is 12.6. The lowest BCUT2D eigenvalue weighted by Crippen LogP contribution is -2.28. The molecule has 11 heteroatoms. The number of carbonyl (C=O) groups is 3. The molecule has 4 rings (SSSR count). The van der Waals surface area contributed by atoms with Crippen molar-refractivity contribution in [1.29, 1.82) is 0 Å². The summed E-state index contributed by atoms with van der Waals surface area (Å²) in [6.45, 7) is 0.133. The van der Waals surface area contributed by atoms with Gasteiger partial charge in [-0.2, -0.15) is 0 Å². The van der Waals surface area contributed by atoms with Crippen LogP contribution in [0.2, 0.25) is 0 Å². The minimum absolute atomic E-state index is 0.0296. The zero-order valence-corrected chi connectivity index (χ0v) is 16.6. The van der Waals surface area contributed by atoms with E-state index in [4.69, 9.17) is 4.74 Å². The van der Waals surface area contributed by atoms with Gasteiger partial charge in [-0.25, -0.2) is 4.98 Å². The lowest BCUT2D eigenvalue weighted by molar-refractivity contribution is -0.120. The fourth-order valence-electron chi connectivity index (χ4n) is 3.01. The third-order valence-electron chi connectivity index (χ3n) is 4.49. The van der Waals surface area contributed by atoms with Crippen molar-refractivity contribution in [3.05, 3.63) is 50.9 Å². The molecule has 1 aliphatic heterocycles. The number of anilines is 1. The van der Waals surface area contributed by atoms with E-state index in [1.165, 1.54) is 18.4 Å². The van der Waals surface area contributed by atoms with Crippen LogP contribution in [0.3, 0.4) is 0 Å². The summed E-state index contributed by atoms with van der Waals surface area (Å²) in [4.78, 5) is 55.1. The summed E-state index contributed by atoms with van der Waals surface area (Å²) >= 11 is 1.20. The highest BCUT2D eigenvalue weighted by atomic mass is 32.1. The van der Waals surface area contributed by atoms with Crippen LogP contribution >= 0.6 is 11.3 Å². The van der Waals surface area contributed by atoms with Gasteiger partial charge in [-0.05, 0) is 28.6 Å². The van der Waals surface area contributed by atoms with E-state index in [2.05, 4.69) is 25.9 Å². The molecule has 4 N–H and O–H groups in total. The van der Waals surface area contributed by atoms with Crippen molar-refractivity contribution in [1.82, 2.24) is 20.6 Å². The van der Waals surface area contributed by atoms with Crippen molar-refractivity contribution in [2.75, 3.05) is 19.0 Å². The molecule has 2 aromatic heterocycles. The lowest BCUT2D eigenvalue weighted by Gasteiger charge is -2.18. The second-order valence-electron chi connectivity index (χ2n) is 6.56. The molecule has 0 aliphatic carbocycles. The molecule has 3 heterocycles. The average Bonchev–Trinajstić information content (AvgIpc) is 3.14. The van der Waals surface area contributed by atoms with E-state index in [0.717, 1.165) is 5.56 Å². The van der Waals surface area contributed by atoms with Crippen molar-refractivity contribution in [3.8, 4) is 5.75 Å². The standard InChI is InChI=1S/C19H17N5O5S/c1-20-13(25)5-10-8-30-19-15(10)17(27)23-16(24-19)18(28)21-6-9-2-3-12-11(4-9)22-14(26)7-29-12/h2-4,8H,5-7H2,1H3,(H,20,25)(H,21,28)(H,22,26)(H,23,24,27). The topological polar surface area (TPSA) is 142 Å². The summed E-state index contributed by atoms with van der Waals surface area (Å²) in [5, 5.41) is 9.90. The predicted octanol–water partition coefficient (Wildman–Crippen LogP) is 0.534.